The first-order valence-electron chi connectivity index (χ1n) is 8.10. The van der Waals surface area contributed by atoms with E-state index in [0.717, 1.165) is 10.3 Å². The minimum Gasteiger partial charge on any atom is -0.494 e. The van der Waals surface area contributed by atoms with Crippen LogP contribution >= 0.6 is 11.3 Å². The van der Waals surface area contributed by atoms with E-state index in [0.29, 0.717) is 17.0 Å². The summed E-state index contributed by atoms with van der Waals surface area (Å²) in [5.41, 5.74) is 1.34. The van der Waals surface area contributed by atoms with Crippen molar-refractivity contribution >= 4 is 39.7 Å². The molecule has 0 aliphatic heterocycles. The number of methoxy groups -OCH3 is 1. The number of carbonyl (C=O) groups is 2. The van der Waals surface area contributed by atoms with Crippen molar-refractivity contribution in [3.05, 3.63) is 52.9 Å². The normalized spacial score (nSPS) is 11.8. The lowest BCUT2D eigenvalue weighted by atomic mass is 10.1. The van der Waals surface area contributed by atoms with Gasteiger partial charge in [-0.2, -0.15) is 0 Å². The average molecular weight is 369 g/mol. The Kier molecular flexibility index (Phi) is 5.48. The molecule has 0 saturated carbocycles. The molecule has 2 heterocycles. The van der Waals surface area contributed by atoms with E-state index in [1.54, 1.807) is 25.4 Å². The van der Waals surface area contributed by atoms with Crippen LogP contribution in [-0.2, 0) is 9.59 Å². The number of aromatic nitrogens is 1. The van der Waals surface area contributed by atoms with Crippen molar-refractivity contribution in [2.75, 3.05) is 12.4 Å². The van der Waals surface area contributed by atoms with Gasteiger partial charge in [-0.25, -0.2) is 0 Å². The summed E-state index contributed by atoms with van der Waals surface area (Å²) in [6.45, 7) is 1.45. The third kappa shape index (κ3) is 4.00. The molecule has 2 aromatic heterocycles. The first-order valence-corrected chi connectivity index (χ1v) is 8.98. The topological polar surface area (TPSA) is 80.3 Å². The Morgan fingerprint density at radius 3 is 2.77 bits per heavy atom. The highest BCUT2D eigenvalue weighted by Gasteiger charge is 2.19. The van der Waals surface area contributed by atoms with Gasteiger partial charge >= 0.3 is 0 Å². The molecule has 2 N–H and O–H groups in total. The number of nitrogens with one attached hydrogen (secondary N) is 2. The number of hydrogen-bond acceptors (Lipinski definition) is 5. The maximum atomic E-state index is 12.6. The van der Waals surface area contributed by atoms with Crippen molar-refractivity contribution in [2.24, 2.45) is 0 Å². The number of fused-ring (bicyclic) bond motifs is 1. The standard InChI is InChI=1S/C19H19N3O3S/c1-12(23)21-15(17-6-4-10-26-17)11-18(24)22-14-7-8-16(25-2)19-13(14)5-3-9-20-19/h3-10,15H,11H2,1-2H3,(H,21,23)(H,22,24). The van der Waals surface area contributed by atoms with Crippen molar-refractivity contribution in [1.82, 2.24) is 10.3 Å². The molecule has 0 radical (unpaired) electrons. The van der Waals surface area contributed by atoms with E-state index >= 15 is 0 Å². The van der Waals surface area contributed by atoms with Crippen LogP contribution in [0.4, 0.5) is 5.69 Å². The van der Waals surface area contributed by atoms with Gasteiger partial charge in [0.15, 0.2) is 0 Å². The molecule has 7 heteroatoms. The number of rotatable bonds is 6. The largest absolute Gasteiger partial charge is 0.494 e. The molecule has 2 amide bonds. The number of ether oxygens (including phenoxy) is 1. The van der Waals surface area contributed by atoms with Gasteiger partial charge < -0.3 is 15.4 Å². The van der Waals surface area contributed by atoms with Gasteiger partial charge in [0.25, 0.3) is 0 Å². The van der Waals surface area contributed by atoms with Gasteiger partial charge in [-0.3, -0.25) is 14.6 Å². The van der Waals surface area contributed by atoms with Crippen LogP contribution in [0.5, 0.6) is 5.75 Å². The third-order valence-corrected chi connectivity index (χ3v) is 4.87. The van der Waals surface area contributed by atoms with Crippen LogP contribution in [0.2, 0.25) is 0 Å². The molecule has 1 aromatic carbocycles. The Hall–Kier alpha value is -2.93. The molecule has 0 aliphatic carbocycles. The molecule has 1 unspecified atom stereocenters. The summed E-state index contributed by atoms with van der Waals surface area (Å²) in [5.74, 6) is 0.288. The zero-order chi connectivity index (χ0) is 18.5. The predicted octanol–water partition coefficient (Wildman–Crippen LogP) is 3.51. The molecule has 26 heavy (non-hydrogen) atoms. The van der Waals surface area contributed by atoms with Crippen molar-refractivity contribution in [2.45, 2.75) is 19.4 Å². The number of anilines is 1. The van der Waals surface area contributed by atoms with Crippen LogP contribution in [-0.4, -0.2) is 23.9 Å². The summed E-state index contributed by atoms with van der Waals surface area (Å²) in [7, 11) is 1.58. The Morgan fingerprint density at radius 2 is 2.08 bits per heavy atom. The highest BCUT2D eigenvalue weighted by molar-refractivity contribution is 7.10. The van der Waals surface area contributed by atoms with Crippen LogP contribution in [0.15, 0.2) is 48.0 Å². The predicted molar refractivity (Wildman–Crippen MR) is 102 cm³/mol. The second-order valence-corrected chi connectivity index (χ2v) is 6.72. The molecule has 134 valence electrons. The summed E-state index contributed by atoms with van der Waals surface area (Å²) >= 11 is 1.51. The second-order valence-electron chi connectivity index (χ2n) is 5.74. The van der Waals surface area contributed by atoms with E-state index in [2.05, 4.69) is 15.6 Å². The fourth-order valence-corrected chi connectivity index (χ4v) is 3.54. The number of carbonyl (C=O) groups excluding carboxylic acids is 2. The quantitative estimate of drug-likeness (QED) is 0.697. The number of pyridine rings is 1. The number of amides is 2. The van der Waals surface area contributed by atoms with Crippen LogP contribution in [0.25, 0.3) is 10.9 Å². The van der Waals surface area contributed by atoms with Gasteiger partial charge in [-0.05, 0) is 35.7 Å². The first-order chi connectivity index (χ1) is 12.6. The van der Waals surface area contributed by atoms with Gasteiger partial charge in [0.05, 0.1) is 25.3 Å². The lowest BCUT2D eigenvalue weighted by Crippen LogP contribution is -2.29. The Bertz CT molecular complexity index is 925. The van der Waals surface area contributed by atoms with Gasteiger partial charge in [0.1, 0.15) is 11.3 Å². The molecular formula is C19H19N3O3S. The molecule has 3 rings (SSSR count). The highest BCUT2D eigenvalue weighted by Crippen LogP contribution is 2.30. The van der Waals surface area contributed by atoms with E-state index < -0.39 is 0 Å². The molecule has 0 aliphatic rings. The summed E-state index contributed by atoms with van der Waals surface area (Å²) in [6.07, 6.45) is 1.83. The van der Waals surface area contributed by atoms with Crippen molar-refractivity contribution in [3.8, 4) is 5.75 Å². The van der Waals surface area contributed by atoms with E-state index in [4.69, 9.17) is 4.74 Å². The molecule has 0 saturated heterocycles. The Balaban J connectivity index is 1.81. The van der Waals surface area contributed by atoms with Crippen LogP contribution < -0.4 is 15.4 Å². The zero-order valence-electron chi connectivity index (χ0n) is 14.5. The molecule has 0 bridgehead atoms. The minimum absolute atomic E-state index is 0.147. The smallest absolute Gasteiger partial charge is 0.226 e. The lowest BCUT2D eigenvalue weighted by Gasteiger charge is -2.17. The molecule has 3 aromatic rings. The highest BCUT2D eigenvalue weighted by atomic mass is 32.1. The van der Waals surface area contributed by atoms with Gasteiger partial charge in [-0.1, -0.05) is 6.07 Å². The number of hydrogen-bond donors (Lipinski definition) is 2. The monoisotopic (exact) mass is 369 g/mol. The zero-order valence-corrected chi connectivity index (χ0v) is 15.3. The van der Waals surface area contributed by atoms with Gasteiger partial charge in [-0.15, -0.1) is 11.3 Å². The third-order valence-electron chi connectivity index (χ3n) is 3.88. The fraction of sp³-hybridized carbons (Fsp3) is 0.211. The molecular weight excluding hydrogens is 350 g/mol. The number of nitrogens with zero attached hydrogens (tertiary/aromatic N) is 1. The maximum Gasteiger partial charge on any atom is 0.226 e. The van der Waals surface area contributed by atoms with Crippen LogP contribution in [0, 0.1) is 0 Å². The Labute approximate surface area is 155 Å². The van der Waals surface area contributed by atoms with Crippen molar-refractivity contribution in [3.63, 3.8) is 0 Å². The van der Waals surface area contributed by atoms with Crippen LogP contribution in [0.1, 0.15) is 24.3 Å². The Morgan fingerprint density at radius 1 is 1.23 bits per heavy atom. The second kappa shape index (κ2) is 7.97. The van der Waals surface area contributed by atoms with E-state index in [1.807, 2.05) is 29.6 Å². The van der Waals surface area contributed by atoms with Gasteiger partial charge in [0.2, 0.25) is 11.8 Å². The van der Waals surface area contributed by atoms with Gasteiger partial charge in [0, 0.05) is 23.4 Å². The first kappa shape index (κ1) is 17.9. The van der Waals surface area contributed by atoms with Crippen molar-refractivity contribution in [1.29, 1.82) is 0 Å². The summed E-state index contributed by atoms with van der Waals surface area (Å²) in [6, 6.07) is 10.7. The van der Waals surface area contributed by atoms with Crippen molar-refractivity contribution < 1.29 is 14.3 Å². The molecule has 6 nitrogen and oxygen atoms in total. The number of thiophene rings is 1. The van der Waals surface area contributed by atoms with E-state index in [9.17, 15) is 9.59 Å². The number of benzene rings is 1. The van der Waals surface area contributed by atoms with E-state index in [-0.39, 0.29) is 24.3 Å². The molecule has 1 atom stereocenters. The molecule has 0 spiro atoms. The summed E-state index contributed by atoms with van der Waals surface area (Å²) in [5, 5.41) is 8.47. The SMILES string of the molecule is COc1ccc(NC(=O)CC(NC(C)=O)c2cccs2)c2cccnc12. The average Bonchev–Trinajstić information content (AvgIpc) is 3.16. The molecule has 0 fully saturated rings. The minimum atomic E-state index is -0.352. The van der Waals surface area contributed by atoms with E-state index in [1.165, 1.54) is 18.3 Å². The summed E-state index contributed by atoms with van der Waals surface area (Å²) < 4.78 is 5.32. The maximum absolute atomic E-state index is 12.6. The van der Waals surface area contributed by atoms with Crippen LogP contribution in [0.3, 0.4) is 0 Å². The lowest BCUT2D eigenvalue weighted by molar-refractivity contribution is -0.120. The fourth-order valence-electron chi connectivity index (χ4n) is 2.76. The summed E-state index contributed by atoms with van der Waals surface area (Å²) in [4.78, 5) is 29.3.